The highest BCUT2D eigenvalue weighted by atomic mass is 16.5. The molecule has 7 nitrogen and oxygen atoms in total. The van der Waals surface area contributed by atoms with Crippen molar-refractivity contribution in [2.24, 2.45) is 0 Å². The molecule has 0 N–H and O–H groups in total. The fourth-order valence-corrected chi connectivity index (χ4v) is 5.32. The van der Waals surface area contributed by atoms with Crippen LogP contribution in [0.4, 0.5) is 5.82 Å². The van der Waals surface area contributed by atoms with Crippen molar-refractivity contribution < 1.29 is 13.9 Å². The van der Waals surface area contributed by atoms with Gasteiger partial charge in [0, 0.05) is 31.6 Å². The molecule has 0 spiro atoms. The molecule has 2 aliphatic rings. The first kappa shape index (κ1) is 24.1. The Hall–Kier alpha value is -3.63. The van der Waals surface area contributed by atoms with Crippen LogP contribution >= 0.6 is 0 Å². The van der Waals surface area contributed by atoms with E-state index < -0.39 is 0 Å². The maximum atomic E-state index is 13.3. The van der Waals surface area contributed by atoms with Gasteiger partial charge >= 0.3 is 0 Å². The van der Waals surface area contributed by atoms with Gasteiger partial charge < -0.3 is 19.0 Å². The second kappa shape index (κ2) is 9.44. The van der Waals surface area contributed by atoms with Gasteiger partial charge in [-0.3, -0.25) is 4.79 Å². The van der Waals surface area contributed by atoms with E-state index in [9.17, 15) is 10.1 Å². The summed E-state index contributed by atoms with van der Waals surface area (Å²) in [5.41, 5.74) is 4.41. The van der Waals surface area contributed by atoms with Crippen LogP contribution in [-0.2, 0) is 17.8 Å². The van der Waals surface area contributed by atoms with E-state index in [0.29, 0.717) is 49.8 Å². The van der Waals surface area contributed by atoms with Crippen LogP contribution in [-0.4, -0.2) is 41.0 Å². The van der Waals surface area contributed by atoms with Crippen LogP contribution < -0.4 is 4.90 Å². The molecule has 0 aliphatic carbocycles. The van der Waals surface area contributed by atoms with Crippen molar-refractivity contribution in [3.05, 3.63) is 82.4 Å². The van der Waals surface area contributed by atoms with Gasteiger partial charge in [0.05, 0.1) is 35.8 Å². The Bertz CT molecular complexity index is 1290. The molecule has 2 aromatic heterocycles. The van der Waals surface area contributed by atoms with Crippen molar-refractivity contribution in [3.63, 3.8) is 0 Å². The standard InChI is InChI=1S/C29H32N4O3/c1-19(2)26-23-18-36-29(3,4)15-21(23)22(16-30)27(31-26)32-12-13-33(28(34)25-11-8-14-35-25)24(17-32)20-9-6-5-7-10-20/h5-11,14,19,24H,12-13,15,17-18H2,1-4H3/t24-/m1/s1. The van der Waals surface area contributed by atoms with Gasteiger partial charge in [-0.15, -0.1) is 0 Å². The Balaban J connectivity index is 1.57. The maximum absolute atomic E-state index is 13.3. The first-order valence-corrected chi connectivity index (χ1v) is 12.5. The molecule has 0 radical (unpaired) electrons. The van der Waals surface area contributed by atoms with E-state index in [1.807, 2.05) is 35.2 Å². The highest BCUT2D eigenvalue weighted by Crippen LogP contribution is 2.39. The number of carbonyl (C=O) groups excluding carboxylic acids is 1. The number of benzene rings is 1. The second-order valence-electron chi connectivity index (χ2n) is 10.5. The van der Waals surface area contributed by atoms with Crippen LogP contribution in [0.3, 0.4) is 0 Å². The Morgan fingerprint density at radius 2 is 1.92 bits per heavy atom. The molecule has 36 heavy (non-hydrogen) atoms. The fraction of sp³-hybridized carbons (Fsp3) is 0.414. The average molecular weight is 485 g/mol. The van der Waals surface area contributed by atoms with E-state index in [1.54, 1.807) is 12.1 Å². The fourth-order valence-electron chi connectivity index (χ4n) is 5.32. The van der Waals surface area contributed by atoms with E-state index in [1.165, 1.54) is 6.26 Å². The maximum Gasteiger partial charge on any atom is 0.290 e. The lowest BCUT2D eigenvalue weighted by molar-refractivity contribution is -0.0408. The first-order chi connectivity index (χ1) is 17.3. The summed E-state index contributed by atoms with van der Waals surface area (Å²) >= 11 is 0. The van der Waals surface area contributed by atoms with Gasteiger partial charge in [-0.2, -0.15) is 5.26 Å². The summed E-state index contributed by atoms with van der Waals surface area (Å²) in [5, 5.41) is 10.3. The Kier molecular flexibility index (Phi) is 6.31. The van der Waals surface area contributed by atoms with Crippen molar-refractivity contribution >= 4 is 11.7 Å². The number of nitrogens with zero attached hydrogens (tertiary/aromatic N) is 4. The number of hydrogen-bond acceptors (Lipinski definition) is 6. The predicted molar refractivity (Wildman–Crippen MR) is 137 cm³/mol. The zero-order valence-corrected chi connectivity index (χ0v) is 21.3. The Labute approximate surface area is 212 Å². The number of nitriles is 1. The third-order valence-electron chi connectivity index (χ3n) is 7.15. The number of furan rings is 1. The Morgan fingerprint density at radius 3 is 2.58 bits per heavy atom. The van der Waals surface area contributed by atoms with Crippen molar-refractivity contribution in [1.29, 1.82) is 5.26 Å². The molecular weight excluding hydrogens is 452 g/mol. The number of aromatic nitrogens is 1. The summed E-state index contributed by atoms with van der Waals surface area (Å²) in [6, 6.07) is 15.7. The van der Waals surface area contributed by atoms with Crippen molar-refractivity contribution in [2.75, 3.05) is 24.5 Å². The van der Waals surface area contributed by atoms with Gasteiger partial charge in [0.2, 0.25) is 0 Å². The molecule has 0 saturated carbocycles. The van der Waals surface area contributed by atoms with Crippen LogP contribution in [0.2, 0.25) is 0 Å². The number of amides is 1. The van der Waals surface area contributed by atoms with Crippen molar-refractivity contribution in [3.8, 4) is 6.07 Å². The van der Waals surface area contributed by atoms with Crippen molar-refractivity contribution in [1.82, 2.24) is 9.88 Å². The van der Waals surface area contributed by atoms with Gasteiger partial charge in [-0.25, -0.2) is 4.98 Å². The molecule has 3 aromatic rings. The number of piperazine rings is 1. The third kappa shape index (κ3) is 4.38. The average Bonchev–Trinajstić information content (AvgIpc) is 3.42. The normalized spacial score (nSPS) is 19.2. The van der Waals surface area contributed by atoms with Gasteiger partial charge in [0.1, 0.15) is 11.9 Å². The molecule has 1 saturated heterocycles. The number of hydrogen-bond donors (Lipinski definition) is 0. The van der Waals surface area contributed by atoms with Crippen LogP contribution in [0.15, 0.2) is 53.1 Å². The van der Waals surface area contributed by atoms with E-state index in [4.69, 9.17) is 14.1 Å². The summed E-state index contributed by atoms with van der Waals surface area (Å²) in [5.74, 6) is 1.11. The molecule has 4 heterocycles. The van der Waals surface area contributed by atoms with E-state index in [0.717, 1.165) is 22.4 Å². The summed E-state index contributed by atoms with van der Waals surface area (Å²) in [6.07, 6.45) is 2.19. The topological polar surface area (TPSA) is 82.6 Å². The van der Waals surface area contributed by atoms with E-state index in [2.05, 4.69) is 38.7 Å². The smallest absolute Gasteiger partial charge is 0.290 e. The summed E-state index contributed by atoms with van der Waals surface area (Å²) in [7, 11) is 0. The monoisotopic (exact) mass is 484 g/mol. The first-order valence-electron chi connectivity index (χ1n) is 12.5. The minimum Gasteiger partial charge on any atom is -0.459 e. The molecule has 5 rings (SSSR count). The number of ether oxygens (including phenoxy) is 1. The van der Waals surface area contributed by atoms with E-state index in [-0.39, 0.29) is 23.5 Å². The minimum atomic E-state index is -0.341. The molecule has 0 unspecified atom stereocenters. The quantitative estimate of drug-likeness (QED) is 0.505. The molecule has 1 amide bonds. The molecule has 1 fully saturated rings. The van der Waals surface area contributed by atoms with Crippen LogP contribution in [0.25, 0.3) is 0 Å². The molecule has 0 bridgehead atoms. The predicted octanol–water partition coefficient (Wildman–Crippen LogP) is 5.22. The highest BCUT2D eigenvalue weighted by Gasteiger charge is 2.37. The molecule has 1 atom stereocenters. The SMILES string of the molecule is CC(C)c1nc(N2CCN(C(=O)c3ccco3)[C@@H](c3ccccc3)C2)c(C#N)c2c1COC(C)(C)C2. The molecule has 186 valence electrons. The van der Waals surface area contributed by atoms with Gasteiger partial charge in [0.25, 0.3) is 5.91 Å². The lowest BCUT2D eigenvalue weighted by atomic mass is 9.86. The van der Waals surface area contributed by atoms with Gasteiger partial charge in [0.15, 0.2) is 5.76 Å². The van der Waals surface area contributed by atoms with Crippen molar-refractivity contribution in [2.45, 2.75) is 58.3 Å². The largest absolute Gasteiger partial charge is 0.459 e. The number of anilines is 1. The van der Waals surface area contributed by atoms with E-state index >= 15 is 0 Å². The zero-order valence-electron chi connectivity index (χ0n) is 21.3. The van der Waals surface area contributed by atoms with Crippen LogP contribution in [0.1, 0.15) is 78.2 Å². The van der Waals surface area contributed by atoms with Gasteiger partial charge in [-0.05, 0) is 43.0 Å². The van der Waals surface area contributed by atoms with Crippen LogP contribution in [0, 0.1) is 11.3 Å². The van der Waals surface area contributed by atoms with Crippen LogP contribution in [0.5, 0.6) is 0 Å². The third-order valence-corrected chi connectivity index (χ3v) is 7.15. The number of pyridine rings is 1. The molecule has 2 aliphatic heterocycles. The summed E-state index contributed by atoms with van der Waals surface area (Å²) < 4.78 is 11.5. The minimum absolute atomic E-state index is 0.130. The number of fused-ring (bicyclic) bond motifs is 1. The summed E-state index contributed by atoms with van der Waals surface area (Å²) in [4.78, 5) is 22.5. The van der Waals surface area contributed by atoms with Gasteiger partial charge in [-0.1, -0.05) is 44.2 Å². The molecular formula is C29H32N4O3. The summed E-state index contributed by atoms with van der Waals surface area (Å²) in [6.45, 7) is 10.5. The zero-order chi connectivity index (χ0) is 25.4. The molecule has 7 heteroatoms. The number of carbonyl (C=O) groups is 1. The second-order valence-corrected chi connectivity index (χ2v) is 10.5. The lowest BCUT2D eigenvalue weighted by Gasteiger charge is -2.43. The molecule has 1 aromatic carbocycles. The highest BCUT2D eigenvalue weighted by molar-refractivity contribution is 5.92. The lowest BCUT2D eigenvalue weighted by Crippen LogP contribution is -2.51. The Morgan fingerprint density at radius 1 is 1.14 bits per heavy atom. The number of rotatable bonds is 4.